The fraction of sp³-hybridized carbons (Fsp3) is 0.857. The minimum Gasteiger partial charge on any atom is -0.330 e. The smallest absolute Gasteiger partial charge is 0.137 e. The molecule has 0 amide bonds. The lowest BCUT2D eigenvalue weighted by atomic mass is 9.81. The lowest BCUT2D eigenvalue weighted by Gasteiger charge is -2.23. The van der Waals surface area contributed by atoms with Gasteiger partial charge in [-0.25, -0.2) is 0 Å². The Balaban J connectivity index is 2.16. The van der Waals surface area contributed by atoms with Crippen molar-refractivity contribution in [3.8, 4) is 0 Å². The molecule has 2 heteroatoms. The second kappa shape index (κ2) is 2.97. The molecule has 0 aromatic heterocycles. The third-order valence-corrected chi connectivity index (χ3v) is 1.95. The molecule has 0 aromatic carbocycles. The topological polar surface area (TPSA) is 43.1 Å². The Morgan fingerprint density at radius 1 is 1.56 bits per heavy atom. The zero-order chi connectivity index (χ0) is 6.69. The summed E-state index contributed by atoms with van der Waals surface area (Å²) in [6.07, 6.45) is 4.04. The van der Waals surface area contributed by atoms with Crippen LogP contribution in [0.15, 0.2) is 0 Å². The normalized spacial score (nSPS) is 19.2. The minimum atomic E-state index is 0.378. The van der Waals surface area contributed by atoms with Crippen molar-refractivity contribution >= 4 is 5.78 Å². The van der Waals surface area contributed by atoms with Gasteiger partial charge in [0, 0.05) is 12.3 Å². The highest BCUT2D eigenvalue weighted by Crippen LogP contribution is 2.27. The van der Waals surface area contributed by atoms with Crippen LogP contribution in [0, 0.1) is 5.92 Å². The van der Waals surface area contributed by atoms with Crippen LogP contribution in [0.5, 0.6) is 0 Å². The second-order valence-electron chi connectivity index (χ2n) is 2.63. The Bertz CT molecular complexity index is 107. The molecule has 0 spiro atoms. The molecule has 9 heavy (non-hydrogen) atoms. The summed E-state index contributed by atoms with van der Waals surface area (Å²) >= 11 is 0. The van der Waals surface area contributed by atoms with Crippen molar-refractivity contribution in [1.29, 1.82) is 0 Å². The predicted molar refractivity (Wildman–Crippen MR) is 36.0 cm³/mol. The molecular formula is C7H13NO. The summed E-state index contributed by atoms with van der Waals surface area (Å²) in [5.41, 5.74) is 5.23. The third kappa shape index (κ3) is 1.52. The Hall–Kier alpha value is -0.370. The van der Waals surface area contributed by atoms with E-state index in [9.17, 15) is 4.79 Å². The molecule has 0 unspecified atom stereocenters. The van der Waals surface area contributed by atoms with Gasteiger partial charge in [0.05, 0.1) is 0 Å². The molecule has 1 aliphatic carbocycles. The van der Waals surface area contributed by atoms with Gasteiger partial charge in [0.1, 0.15) is 5.78 Å². The van der Waals surface area contributed by atoms with E-state index in [0.29, 0.717) is 24.7 Å². The Kier molecular flexibility index (Phi) is 2.22. The van der Waals surface area contributed by atoms with Crippen LogP contribution < -0.4 is 5.73 Å². The average molecular weight is 127 g/mol. The van der Waals surface area contributed by atoms with Gasteiger partial charge < -0.3 is 5.73 Å². The highest BCUT2D eigenvalue weighted by molar-refractivity contribution is 5.81. The van der Waals surface area contributed by atoms with E-state index < -0.39 is 0 Å². The Labute approximate surface area is 55.4 Å². The van der Waals surface area contributed by atoms with Crippen LogP contribution in [0.3, 0.4) is 0 Å². The SMILES string of the molecule is NCCC(=O)C1CCC1. The maximum atomic E-state index is 10.9. The van der Waals surface area contributed by atoms with Crippen molar-refractivity contribution in [1.82, 2.24) is 0 Å². The molecule has 0 aliphatic heterocycles. The van der Waals surface area contributed by atoms with Crippen molar-refractivity contribution in [2.45, 2.75) is 25.7 Å². The maximum absolute atomic E-state index is 10.9. The summed E-state index contributed by atoms with van der Waals surface area (Å²) in [7, 11) is 0. The van der Waals surface area contributed by atoms with Crippen LogP contribution >= 0.6 is 0 Å². The van der Waals surface area contributed by atoms with Gasteiger partial charge in [0.2, 0.25) is 0 Å². The molecule has 52 valence electrons. The molecule has 0 aromatic rings. The van der Waals surface area contributed by atoms with E-state index in [4.69, 9.17) is 5.73 Å². The maximum Gasteiger partial charge on any atom is 0.137 e. The van der Waals surface area contributed by atoms with Gasteiger partial charge in [-0.2, -0.15) is 0 Å². The molecule has 2 N–H and O–H groups in total. The largest absolute Gasteiger partial charge is 0.330 e. The number of Topliss-reactive ketones (excluding diaryl/α,β-unsaturated/α-hetero) is 1. The fourth-order valence-electron chi connectivity index (χ4n) is 1.08. The van der Waals surface area contributed by atoms with E-state index in [1.54, 1.807) is 0 Å². The number of ketones is 1. The summed E-state index contributed by atoms with van der Waals surface area (Å²) in [6, 6.07) is 0. The van der Waals surface area contributed by atoms with Crippen LogP contribution in [0.2, 0.25) is 0 Å². The molecule has 1 saturated carbocycles. The van der Waals surface area contributed by atoms with Crippen molar-refractivity contribution in [2.75, 3.05) is 6.54 Å². The van der Waals surface area contributed by atoms with Crippen LogP contribution in [-0.2, 0) is 4.79 Å². The summed E-state index contributed by atoms with van der Waals surface area (Å²) in [5.74, 6) is 0.761. The fourth-order valence-corrected chi connectivity index (χ4v) is 1.08. The van der Waals surface area contributed by atoms with E-state index in [0.717, 1.165) is 12.8 Å². The molecule has 0 bridgehead atoms. The first-order chi connectivity index (χ1) is 4.34. The first-order valence-corrected chi connectivity index (χ1v) is 3.57. The third-order valence-electron chi connectivity index (χ3n) is 1.95. The molecule has 1 rings (SSSR count). The van der Waals surface area contributed by atoms with Crippen molar-refractivity contribution in [3.63, 3.8) is 0 Å². The monoisotopic (exact) mass is 127 g/mol. The average Bonchev–Trinajstić information content (AvgIpc) is 1.60. The number of hydrogen-bond donors (Lipinski definition) is 1. The van der Waals surface area contributed by atoms with Gasteiger partial charge in [0.15, 0.2) is 0 Å². The molecule has 0 radical (unpaired) electrons. The predicted octanol–water partition coefficient (Wildman–Crippen LogP) is 0.704. The van der Waals surface area contributed by atoms with Gasteiger partial charge in [-0.15, -0.1) is 0 Å². The van der Waals surface area contributed by atoms with Crippen LogP contribution in [-0.4, -0.2) is 12.3 Å². The second-order valence-corrected chi connectivity index (χ2v) is 2.63. The first kappa shape index (κ1) is 6.75. The molecule has 1 aliphatic rings. The highest BCUT2D eigenvalue weighted by atomic mass is 16.1. The Morgan fingerprint density at radius 3 is 2.56 bits per heavy atom. The number of nitrogens with two attached hydrogens (primary N) is 1. The van der Waals surface area contributed by atoms with Gasteiger partial charge in [-0.1, -0.05) is 6.42 Å². The molecule has 2 nitrogen and oxygen atoms in total. The lowest BCUT2D eigenvalue weighted by molar-refractivity contribution is -0.124. The van der Waals surface area contributed by atoms with Gasteiger partial charge in [-0.05, 0) is 19.4 Å². The molecule has 0 atom stereocenters. The van der Waals surface area contributed by atoms with E-state index in [1.165, 1.54) is 6.42 Å². The van der Waals surface area contributed by atoms with E-state index in [2.05, 4.69) is 0 Å². The lowest BCUT2D eigenvalue weighted by Crippen LogP contribution is -2.23. The summed E-state index contributed by atoms with van der Waals surface area (Å²) in [5, 5.41) is 0. The van der Waals surface area contributed by atoms with E-state index in [1.807, 2.05) is 0 Å². The molecule has 1 fully saturated rings. The number of carbonyl (C=O) groups is 1. The van der Waals surface area contributed by atoms with E-state index >= 15 is 0 Å². The van der Waals surface area contributed by atoms with Gasteiger partial charge in [0.25, 0.3) is 0 Å². The van der Waals surface area contributed by atoms with Crippen LogP contribution in [0.25, 0.3) is 0 Å². The molecule has 0 heterocycles. The number of rotatable bonds is 3. The molecule has 0 saturated heterocycles. The van der Waals surface area contributed by atoms with Crippen molar-refractivity contribution in [3.05, 3.63) is 0 Å². The summed E-state index contributed by atoms with van der Waals surface area (Å²) in [6.45, 7) is 0.523. The minimum absolute atomic E-state index is 0.378. The zero-order valence-electron chi connectivity index (χ0n) is 5.60. The number of carbonyl (C=O) groups excluding carboxylic acids is 1. The van der Waals surface area contributed by atoms with E-state index in [-0.39, 0.29) is 0 Å². The summed E-state index contributed by atoms with van der Waals surface area (Å²) < 4.78 is 0. The van der Waals surface area contributed by atoms with Crippen molar-refractivity contribution in [2.24, 2.45) is 11.7 Å². The zero-order valence-corrected chi connectivity index (χ0v) is 5.60. The number of hydrogen-bond acceptors (Lipinski definition) is 2. The van der Waals surface area contributed by atoms with Crippen LogP contribution in [0.4, 0.5) is 0 Å². The first-order valence-electron chi connectivity index (χ1n) is 3.57. The highest BCUT2D eigenvalue weighted by Gasteiger charge is 2.23. The standard InChI is InChI=1S/C7H13NO/c8-5-4-7(9)6-2-1-3-6/h6H,1-5,8H2. The Morgan fingerprint density at radius 2 is 2.22 bits per heavy atom. The van der Waals surface area contributed by atoms with Gasteiger partial charge in [-0.3, -0.25) is 4.79 Å². The summed E-state index contributed by atoms with van der Waals surface area (Å²) in [4.78, 5) is 10.9. The van der Waals surface area contributed by atoms with Gasteiger partial charge >= 0.3 is 0 Å². The quantitative estimate of drug-likeness (QED) is 0.606. The van der Waals surface area contributed by atoms with Crippen LogP contribution in [0.1, 0.15) is 25.7 Å². The van der Waals surface area contributed by atoms with Crippen molar-refractivity contribution < 1.29 is 4.79 Å². The molecular weight excluding hydrogens is 114 g/mol.